The number of hydrogen-bond donors (Lipinski definition) is 0. The molecule has 1 atom stereocenters. The zero-order valence-electron chi connectivity index (χ0n) is 19.3. The lowest BCUT2D eigenvalue weighted by molar-refractivity contribution is -0.166. The van der Waals surface area contributed by atoms with Crippen LogP contribution in [0.25, 0.3) is 11.1 Å². The average molecular weight is 463 g/mol. The van der Waals surface area contributed by atoms with Gasteiger partial charge < -0.3 is 14.2 Å². The maximum Gasteiger partial charge on any atom is 0.416 e. The number of hydrogen-bond acceptors (Lipinski definition) is 4. The Kier molecular flexibility index (Phi) is 6.20. The number of aryl methyl sites for hydroxylation is 1. The molecule has 0 radical (unpaired) electrons. The SMILES string of the molecule is COC(=O)C(OC(C)(C)C)c1c(C(F)(F)F)ccc(C2CC2)c1-c1ccc2c(c1)CCCO2. The Bertz CT molecular complexity index is 1050. The first-order valence-corrected chi connectivity index (χ1v) is 11.3. The molecule has 2 aromatic rings. The van der Waals surface area contributed by atoms with E-state index < -0.39 is 29.4 Å². The van der Waals surface area contributed by atoms with Gasteiger partial charge in [-0.25, -0.2) is 4.79 Å². The summed E-state index contributed by atoms with van der Waals surface area (Å²) in [4.78, 5) is 12.8. The van der Waals surface area contributed by atoms with Gasteiger partial charge >= 0.3 is 12.1 Å². The molecule has 1 aliphatic carbocycles. The number of methoxy groups -OCH3 is 1. The molecule has 1 heterocycles. The molecule has 7 heteroatoms. The van der Waals surface area contributed by atoms with Gasteiger partial charge in [0.1, 0.15) is 5.75 Å². The molecular formula is C26H29F3O4. The molecule has 0 N–H and O–H groups in total. The van der Waals surface area contributed by atoms with Crippen LogP contribution in [0.15, 0.2) is 30.3 Å². The summed E-state index contributed by atoms with van der Waals surface area (Å²) in [5.74, 6) is 0.0501. The van der Waals surface area contributed by atoms with Gasteiger partial charge in [0, 0.05) is 5.56 Å². The quantitative estimate of drug-likeness (QED) is 0.470. The van der Waals surface area contributed by atoms with Crippen LogP contribution < -0.4 is 4.74 Å². The summed E-state index contributed by atoms with van der Waals surface area (Å²) in [5.41, 5.74) is 0.879. The Hall–Kier alpha value is -2.54. The van der Waals surface area contributed by atoms with Gasteiger partial charge in [-0.2, -0.15) is 13.2 Å². The van der Waals surface area contributed by atoms with E-state index in [4.69, 9.17) is 14.2 Å². The van der Waals surface area contributed by atoms with Crippen LogP contribution in [0, 0.1) is 0 Å². The van der Waals surface area contributed by atoms with Gasteiger partial charge in [0.25, 0.3) is 0 Å². The van der Waals surface area contributed by atoms with Crippen molar-refractivity contribution in [3.63, 3.8) is 0 Å². The lowest BCUT2D eigenvalue weighted by Crippen LogP contribution is -2.30. The van der Waals surface area contributed by atoms with Crippen LogP contribution in [-0.2, 0) is 26.9 Å². The van der Waals surface area contributed by atoms with Crippen LogP contribution in [0.2, 0.25) is 0 Å². The lowest BCUT2D eigenvalue weighted by Gasteiger charge is -2.31. The molecule has 0 aromatic heterocycles. The molecule has 178 valence electrons. The number of carbonyl (C=O) groups is 1. The summed E-state index contributed by atoms with van der Waals surface area (Å²) in [6.07, 6.45) is -2.76. The second-order valence-corrected chi connectivity index (χ2v) is 9.67. The van der Waals surface area contributed by atoms with Crippen molar-refractivity contribution < 1.29 is 32.2 Å². The van der Waals surface area contributed by atoms with E-state index in [0.29, 0.717) is 17.7 Å². The molecule has 33 heavy (non-hydrogen) atoms. The van der Waals surface area contributed by atoms with Crippen molar-refractivity contribution in [2.45, 2.75) is 70.3 Å². The van der Waals surface area contributed by atoms with Gasteiger partial charge in [-0.1, -0.05) is 12.1 Å². The van der Waals surface area contributed by atoms with Gasteiger partial charge in [0.15, 0.2) is 6.10 Å². The largest absolute Gasteiger partial charge is 0.493 e. The van der Waals surface area contributed by atoms with Crippen molar-refractivity contribution in [1.29, 1.82) is 0 Å². The summed E-state index contributed by atoms with van der Waals surface area (Å²) < 4.78 is 59.5. The number of benzene rings is 2. The summed E-state index contributed by atoms with van der Waals surface area (Å²) in [6, 6.07) is 8.12. The molecule has 2 aromatic carbocycles. The predicted molar refractivity (Wildman–Crippen MR) is 118 cm³/mol. The normalized spacial score (nSPS) is 17.2. The van der Waals surface area contributed by atoms with Crippen LogP contribution in [0.5, 0.6) is 5.75 Å². The first kappa shape index (κ1) is 23.6. The molecule has 0 saturated heterocycles. The van der Waals surface area contributed by atoms with E-state index in [2.05, 4.69) is 0 Å². The Morgan fingerprint density at radius 2 is 1.85 bits per heavy atom. The monoisotopic (exact) mass is 462 g/mol. The average Bonchev–Trinajstić information content (AvgIpc) is 3.59. The lowest BCUT2D eigenvalue weighted by atomic mass is 9.84. The minimum atomic E-state index is -4.67. The molecule has 4 nitrogen and oxygen atoms in total. The van der Waals surface area contributed by atoms with Crippen LogP contribution in [0.4, 0.5) is 13.2 Å². The smallest absolute Gasteiger partial charge is 0.416 e. The Balaban J connectivity index is 2.02. The predicted octanol–water partition coefficient (Wildman–Crippen LogP) is 6.60. The minimum absolute atomic E-state index is 0.154. The van der Waals surface area contributed by atoms with Gasteiger partial charge in [-0.05, 0) is 92.8 Å². The van der Waals surface area contributed by atoms with Crippen LogP contribution in [0.3, 0.4) is 0 Å². The third kappa shape index (κ3) is 5.03. The van der Waals surface area contributed by atoms with Crippen molar-refractivity contribution in [1.82, 2.24) is 0 Å². The number of carbonyl (C=O) groups excluding carboxylic acids is 1. The number of ether oxygens (including phenoxy) is 3. The van der Waals surface area contributed by atoms with Crippen LogP contribution >= 0.6 is 0 Å². The molecule has 0 amide bonds. The van der Waals surface area contributed by atoms with Crippen molar-refractivity contribution >= 4 is 5.97 Å². The number of rotatable bonds is 5. The number of fused-ring (bicyclic) bond motifs is 1. The highest BCUT2D eigenvalue weighted by molar-refractivity contribution is 5.84. The molecule has 0 spiro atoms. The molecule has 1 unspecified atom stereocenters. The van der Waals surface area contributed by atoms with Crippen molar-refractivity contribution in [3.8, 4) is 16.9 Å². The minimum Gasteiger partial charge on any atom is -0.493 e. The Morgan fingerprint density at radius 3 is 2.45 bits per heavy atom. The highest BCUT2D eigenvalue weighted by atomic mass is 19.4. The fourth-order valence-corrected chi connectivity index (χ4v) is 4.41. The fraction of sp³-hybridized carbons (Fsp3) is 0.500. The van der Waals surface area contributed by atoms with Crippen molar-refractivity contribution in [2.75, 3.05) is 13.7 Å². The highest BCUT2D eigenvalue weighted by Gasteiger charge is 2.43. The van der Waals surface area contributed by atoms with Gasteiger partial charge in [0.2, 0.25) is 0 Å². The molecule has 0 bridgehead atoms. The van der Waals surface area contributed by atoms with E-state index in [-0.39, 0.29) is 11.5 Å². The first-order chi connectivity index (χ1) is 15.5. The molecule has 1 saturated carbocycles. The molecule has 1 aliphatic heterocycles. The van der Waals surface area contributed by atoms with E-state index in [9.17, 15) is 18.0 Å². The van der Waals surface area contributed by atoms with Gasteiger partial charge in [-0.3, -0.25) is 0 Å². The van der Waals surface area contributed by atoms with Crippen LogP contribution in [0.1, 0.15) is 74.3 Å². The van der Waals surface area contributed by atoms with E-state index in [0.717, 1.165) is 55.7 Å². The number of halogens is 3. The van der Waals surface area contributed by atoms with E-state index in [1.165, 1.54) is 0 Å². The van der Waals surface area contributed by atoms with Gasteiger partial charge in [0.05, 0.1) is 24.9 Å². The maximum absolute atomic E-state index is 14.3. The molecule has 4 rings (SSSR count). The van der Waals surface area contributed by atoms with Gasteiger partial charge in [-0.15, -0.1) is 0 Å². The summed E-state index contributed by atoms with van der Waals surface area (Å²) in [7, 11) is 1.16. The van der Waals surface area contributed by atoms with Crippen molar-refractivity contribution in [3.05, 3.63) is 52.6 Å². The second-order valence-electron chi connectivity index (χ2n) is 9.67. The second kappa shape index (κ2) is 8.67. The molecule has 2 aliphatic rings. The fourth-order valence-electron chi connectivity index (χ4n) is 4.41. The third-order valence-electron chi connectivity index (χ3n) is 5.95. The van der Waals surface area contributed by atoms with Crippen molar-refractivity contribution in [2.24, 2.45) is 0 Å². The van der Waals surface area contributed by atoms with E-state index in [1.54, 1.807) is 32.9 Å². The highest BCUT2D eigenvalue weighted by Crippen LogP contribution is 2.51. The summed E-state index contributed by atoms with van der Waals surface area (Å²) in [6.45, 7) is 5.74. The number of esters is 1. The van der Waals surface area contributed by atoms with E-state index >= 15 is 0 Å². The summed E-state index contributed by atoms with van der Waals surface area (Å²) >= 11 is 0. The number of alkyl halides is 3. The summed E-state index contributed by atoms with van der Waals surface area (Å²) in [5, 5.41) is 0. The Morgan fingerprint density at radius 1 is 1.12 bits per heavy atom. The third-order valence-corrected chi connectivity index (χ3v) is 5.95. The standard InChI is InChI=1S/C26H29F3O4/c1-25(2,3)33-23(24(30)31-4)22-19(26(27,28)29)11-10-18(15-7-8-15)21(22)17-9-12-20-16(14-17)6-5-13-32-20/h9-12,14-15,23H,5-8,13H2,1-4H3. The molecule has 1 fully saturated rings. The zero-order valence-corrected chi connectivity index (χ0v) is 19.3. The first-order valence-electron chi connectivity index (χ1n) is 11.3. The maximum atomic E-state index is 14.3. The molecular weight excluding hydrogens is 433 g/mol. The van der Waals surface area contributed by atoms with E-state index in [1.807, 2.05) is 12.1 Å². The zero-order chi connectivity index (χ0) is 24.0. The topological polar surface area (TPSA) is 44.8 Å². The van der Waals surface area contributed by atoms with Crippen LogP contribution in [-0.4, -0.2) is 25.3 Å². The Labute approximate surface area is 192 Å².